The number of ether oxygens (including phenoxy) is 1. The summed E-state index contributed by atoms with van der Waals surface area (Å²) in [5, 5.41) is 32.8. The Morgan fingerprint density at radius 2 is 1.96 bits per heavy atom. The number of amides is 1. The number of halogens is 3. The van der Waals surface area contributed by atoms with Crippen LogP contribution in [0.3, 0.4) is 0 Å². The maximum absolute atomic E-state index is 14.9. The third-order valence-electron chi connectivity index (χ3n) is 8.06. The molecule has 12 heteroatoms. The number of amidine groups is 1. The smallest absolute Gasteiger partial charge is 0.270 e. The fraction of sp³-hybridized carbons (Fsp3) is 0.364. The number of rotatable bonds is 11. The van der Waals surface area contributed by atoms with Crippen LogP contribution in [0.2, 0.25) is 0 Å². The summed E-state index contributed by atoms with van der Waals surface area (Å²) in [6.45, 7) is 0.592. The number of nitrogens with one attached hydrogen (secondary N) is 3. The number of nitriles is 2. The third kappa shape index (κ3) is 6.61. The predicted octanol–water partition coefficient (Wildman–Crippen LogP) is 6.17. The average Bonchev–Trinajstić information content (AvgIpc) is 3.34. The van der Waals surface area contributed by atoms with Gasteiger partial charge in [0.1, 0.15) is 23.1 Å². The van der Waals surface area contributed by atoms with Gasteiger partial charge >= 0.3 is 0 Å². The second-order valence-corrected chi connectivity index (χ2v) is 11.4. The zero-order valence-electron chi connectivity index (χ0n) is 24.9. The number of nitrogens with zero attached hydrogens (tertiary/aromatic N) is 4. The quantitative estimate of drug-likeness (QED) is 0.133. The lowest BCUT2D eigenvalue weighted by Crippen LogP contribution is -2.36. The molecule has 1 fully saturated rings. The Morgan fingerprint density at radius 1 is 1.18 bits per heavy atom. The van der Waals surface area contributed by atoms with Crippen LogP contribution < -0.4 is 15.5 Å². The van der Waals surface area contributed by atoms with E-state index in [2.05, 4.69) is 21.7 Å². The van der Waals surface area contributed by atoms with Gasteiger partial charge in [-0.3, -0.25) is 15.1 Å². The molecule has 3 aromatic rings. The summed E-state index contributed by atoms with van der Waals surface area (Å²) >= 11 is 0. The maximum atomic E-state index is 14.9. The van der Waals surface area contributed by atoms with Gasteiger partial charge in [0.2, 0.25) is 0 Å². The normalized spacial score (nSPS) is 15.1. The van der Waals surface area contributed by atoms with Crippen molar-refractivity contribution in [2.75, 3.05) is 30.4 Å². The van der Waals surface area contributed by atoms with Crippen LogP contribution >= 0.6 is 0 Å². The number of hydrogen-bond donors (Lipinski definition) is 3. The number of hydrogen-bond acceptors (Lipinski definition) is 7. The van der Waals surface area contributed by atoms with Crippen molar-refractivity contribution in [3.63, 3.8) is 0 Å². The summed E-state index contributed by atoms with van der Waals surface area (Å²) in [5.74, 6) is -3.25. The molecule has 2 aliphatic rings. The van der Waals surface area contributed by atoms with Crippen molar-refractivity contribution >= 4 is 23.4 Å². The summed E-state index contributed by atoms with van der Waals surface area (Å²) in [6, 6.07) is 15.1. The van der Waals surface area contributed by atoms with Crippen LogP contribution in [0.4, 0.5) is 24.8 Å². The van der Waals surface area contributed by atoms with Crippen LogP contribution in [0.5, 0.6) is 0 Å². The fourth-order valence-corrected chi connectivity index (χ4v) is 5.54. The first-order valence-corrected chi connectivity index (χ1v) is 14.5. The minimum atomic E-state index is -3.27. The third-order valence-corrected chi connectivity index (χ3v) is 8.06. The molecular weight excluding hydrogens is 583 g/mol. The number of fused-ring (bicyclic) bond motifs is 1. The molecule has 3 N–H and O–H groups in total. The summed E-state index contributed by atoms with van der Waals surface area (Å²) in [6.07, 6.45) is 1.77. The van der Waals surface area contributed by atoms with Crippen LogP contribution in [0.15, 0.2) is 42.5 Å². The number of carbonyl (C=O) groups is 1. The number of alkyl halides is 3. The first-order valence-electron chi connectivity index (χ1n) is 14.5. The highest BCUT2D eigenvalue weighted by molar-refractivity contribution is 6.10. The molecule has 1 amide bonds. The lowest BCUT2D eigenvalue weighted by atomic mass is 9.83. The summed E-state index contributed by atoms with van der Waals surface area (Å²) in [5.41, 5.74) is 0.741. The molecule has 2 aromatic carbocycles. The van der Waals surface area contributed by atoms with Gasteiger partial charge < -0.3 is 15.4 Å². The van der Waals surface area contributed by atoms with Gasteiger partial charge in [0.15, 0.2) is 0 Å². The molecule has 0 atom stereocenters. The van der Waals surface area contributed by atoms with E-state index in [-0.39, 0.29) is 61.1 Å². The molecule has 0 spiro atoms. The van der Waals surface area contributed by atoms with Gasteiger partial charge in [0.05, 0.1) is 43.9 Å². The van der Waals surface area contributed by atoms with Gasteiger partial charge in [-0.15, -0.1) is 0 Å². The molecule has 45 heavy (non-hydrogen) atoms. The summed E-state index contributed by atoms with van der Waals surface area (Å²) < 4.78 is 49.9. The monoisotopic (exact) mass is 615 g/mol. The van der Waals surface area contributed by atoms with Gasteiger partial charge in [0, 0.05) is 37.2 Å². The van der Waals surface area contributed by atoms with E-state index in [0.29, 0.717) is 46.5 Å². The van der Waals surface area contributed by atoms with Crippen LogP contribution in [-0.4, -0.2) is 42.6 Å². The largest absolute Gasteiger partial charge is 0.373 e. The van der Waals surface area contributed by atoms with Crippen molar-refractivity contribution in [1.29, 1.82) is 15.9 Å². The number of pyridine rings is 1. The van der Waals surface area contributed by atoms with E-state index in [4.69, 9.17) is 15.4 Å². The maximum Gasteiger partial charge on any atom is 0.270 e. The van der Waals surface area contributed by atoms with Crippen LogP contribution in [0.25, 0.3) is 11.1 Å². The van der Waals surface area contributed by atoms with Crippen molar-refractivity contribution in [1.82, 2.24) is 10.3 Å². The number of anilines is 2. The molecule has 9 nitrogen and oxygen atoms in total. The van der Waals surface area contributed by atoms with E-state index in [1.165, 1.54) is 17.0 Å². The minimum Gasteiger partial charge on any atom is -0.373 e. The lowest BCUT2D eigenvalue weighted by molar-refractivity contribution is -0.0401. The first-order chi connectivity index (χ1) is 21.5. The van der Waals surface area contributed by atoms with Crippen LogP contribution in [0, 0.1) is 28.1 Å². The summed E-state index contributed by atoms with van der Waals surface area (Å²) in [4.78, 5) is 19.7. The molecule has 0 unspecified atom stereocenters. The molecule has 0 bridgehead atoms. The van der Waals surface area contributed by atoms with E-state index in [0.717, 1.165) is 13.3 Å². The highest BCUT2D eigenvalue weighted by atomic mass is 19.3. The standard InChI is InChI=1S/C33H32F3N7O2/c1-32(34,35)27-13-21(18-45-19-33(36)7-3-8-33)12-25-26(27)17-43(31(25)44)29-15-22(14-28(42-29)41-10-4-9-37)24-11-20(16-38)5-6-23(24)30(39)40-2/h5-6,11-15H,3-4,7-8,10,17-19H2,1-2H3,(H2,39,40)(H,41,42). The highest BCUT2D eigenvalue weighted by Crippen LogP contribution is 2.40. The predicted molar refractivity (Wildman–Crippen MR) is 163 cm³/mol. The number of benzene rings is 2. The highest BCUT2D eigenvalue weighted by Gasteiger charge is 2.39. The number of carbonyl (C=O) groups excluding carboxylic acids is 1. The molecule has 1 aromatic heterocycles. The second kappa shape index (κ2) is 12.6. The molecule has 0 saturated heterocycles. The Labute approximate surface area is 259 Å². The topological polar surface area (TPSA) is 138 Å². The van der Waals surface area contributed by atoms with Crippen molar-refractivity contribution in [2.45, 2.75) is 57.3 Å². The molecule has 1 aliphatic carbocycles. The molecule has 5 rings (SSSR count). The summed E-state index contributed by atoms with van der Waals surface area (Å²) in [7, 11) is 1.60. The van der Waals surface area contributed by atoms with Crippen molar-refractivity contribution in [3.05, 3.63) is 75.8 Å². The van der Waals surface area contributed by atoms with Crippen molar-refractivity contribution in [2.24, 2.45) is 0 Å². The molecule has 2 heterocycles. The zero-order chi connectivity index (χ0) is 32.4. The fourth-order valence-electron chi connectivity index (χ4n) is 5.54. The molecule has 1 aliphatic heterocycles. The Morgan fingerprint density at radius 3 is 2.60 bits per heavy atom. The van der Waals surface area contributed by atoms with E-state index in [9.17, 15) is 23.2 Å². The Balaban J connectivity index is 1.55. The Bertz CT molecular complexity index is 1740. The van der Waals surface area contributed by atoms with Crippen molar-refractivity contribution < 1.29 is 22.7 Å². The lowest BCUT2D eigenvalue weighted by Gasteiger charge is -2.33. The van der Waals surface area contributed by atoms with Crippen molar-refractivity contribution in [3.8, 4) is 23.3 Å². The van der Waals surface area contributed by atoms with Gasteiger partial charge in [-0.2, -0.15) is 10.5 Å². The minimum absolute atomic E-state index is 0.0848. The van der Waals surface area contributed by atoms with Crippen LogP contribution in [0.1, 0.15) is 70.8 Å². The molecule has 0 radical (unpaired) electrons. The van der Waals surface area contributed by atoms with Gasteiger partial charge in [-0.1, -0.05) is 0 Å². The molecule has 232 valence electrons. The Kier molecular flexibility index (Phi) is 8.80. The van der Waals surface area contributed by atoms with Crippen LogP contribution in [-0.2, 0) is 23.8 Å². The van der Waals surface area contributed by atoms with Gasteiger partial charge in [0.25, 0.3) is 11.8 Å². The first kappa shape index (κ1) is 31.5. The molecular formula is C33H32F3N7O2. The second-order valence-electron chi connectivity index (χ2n) is 11.4. The van der Waals surface area contributed by atoms with E-state index in [1.807, 2.05) is 6.07 Å². The van der Waals surface area contributed by atoms with E-state index >= 15 is 0 Å². The molecule has 1 saturated carbocycles. The van der Waals surface area contributed by atoms with E-state index in [1.54, 1.807) is 37.4 Å². The SMILES string of the molecule is CNC(=N)c1ccc(C#N)cc1-c1cc(NCCC#N)nc(N2Cc3c(cc(COCC4(F)CCC4)cc3C(C)(F)F)C2=O)c1. The Hall–Kier alpha value is -4.94. The van der Waals surface area contributed by atoms with Gasteiger partial charge in [-0.05, 0) is 84.0 Å². The zero-order valence-corrected chi connectivity index (χ0v) is 24.9. The number of aromatic nitrogens is 1. The van der Waals surface area contributed by atoms with Gasteiger partial charge in [-0.25, -0.2) is 18.2 Å². The van der Waals surface area contributed by atoms with E-state index < -0.39 is 17.5 Å². The average molecular weight is 616 g/mol.